The number of hydrogen-bond donors (Lipinski definition) is 4. The third kappa shape index (κ3) is 4.49. The Kier molecular flexibility index (Phi) is 4.49. The van der Waals surface area contributed by atoms with Crippen LogP contribution in [-0.2, 0) is 13.6 Å². The van der Waals surface area contributed by atoms with Crippen molar-refractivity contribution in [2.45, 2.75) is 0 Å². The highest BCUT2D eigenvalue weighted by molar-refractivity contribution is 7.48. The van der Waals surface area contributed by atoms with Gasteiger partial charge in [-0.1, -0.05) is 0 Å². The summed E-state index contributed by atoms with van der Waals surface area (Å²) < 4.78 is 19.5. The van der Waals surface area contributed by atoms with E-state index in [1.54, 1.807) is 0 Å². The number of nitrogens with zero attached hydrogens (tertiary/aromatic N) is 1. The van der Waals surface area contributed by atoms with Crippen molar-refractivity contribution in [1.82, 2.24) is 10.4 Å². The van der Waals surface area contributed by atoms with Crippen molar-refractivity contribution in [2.75, 3.05) is 26.2 Å². The first-order chi connectivity index (χ1) is 6.49. The first kappa shape index (κ1) is 12.1. The van der Waals surface area contributed by atoms with E-state index < -0.39 is 15.1 Å². The molecule has 0 aliphatic carbocycles. The molecule has 4 N–H and O–H groups in total. The second kappa shape index (κ2) is 5.20. The molecule has 1 aliphatic heterocycles. The van der Waals surface area contributed by atoms with Crippen molar-refractivity contribution in [2.24, 2.45) is 0 Å². The normalized spacial score (nSPS) is 23.1. The van der Waals surface area contributed by atoms with Crippen molar-refractivity contribution in [1.29, 1.82) is 0 Å². The fraction of sp³-hybridized carbons (Fsp3) is 1.00. The summed E-state index contributed by atoms with van der Waals surface area (Å²) >= 11 is 0. The fourth-order valence-corrected chi connectivity index (χ4v) is 1.74. The highest BCUT2D eigenvalue weighted by Crippen LogP contribution is 2.44. The van der Waals surface area contributed by atoms with E-state index in [0.717, 1.165) is 0 Å². The Morgan fingerprint density at radius 2 is 1.93 bits per heavy atom. The Labute approximate surface area is 81.2 Å². The number of rotatable bonds is 4. The molecular weight excluding hydrogens is 214 g/mol. The molecule has 0 radical (unpaired) electrons. The third-order valence-corrected chi connectivity index (χ3v) is 2.41. The summed E-state index contributed by atoms with van der Waals surface area (Å²) in [5, 5.41) is 20.9. The average Bonchev–Trinajstić information content (AvgIpc) is 2.02. The van der Waals surface area contributed by atoms with Crippen LogP contribution in [0.5, 0.6) is 0 Å². The lowest BCUT2D eigenvalue weighted by molar-refractivity contribution is -0.0880. The van der Waals surface area contributed by atoms with Crippen LogP contribution in [0, 0.1) is 0 Å². The van der Waals surface area contributed by atoms with Crippen molar-refractivity contribution in [3.63, 3.8) is 0 Å². The van der Waals surface area contributed by atoms with E-state index in [1.807, 2.05) is 0 Å². The molecule has 0 spiro atoms. The number of piperazine rings is 1. The molecule has 10 heteroatoms. The van der Waals surface area contributed by atoms with Gasteiger partial charge in [0.1, 0.15) is 0 Å². The fourth-order valence-electron chi connectivity index (χ4n) is 1.01. The molecule has 1 rings (SSSR count). The number of nitrogens with one attached hydrogen (secondary N) is 1. The molecule has 0 aromatic rings. The lowest BCUT2D eigenvalue weighted by atomic mass is 10.3. The molecule has 0 aromatic carbocycles. The SMILES string of the molecule is O=P(O)(OB(O)O)ON1CCNCC1. The Balaban J connectivity index is 2.36. The van der Waals surface area contributed by atoms with Crippen LogP contribution >= 0.6 is 7.82 Å². The van der Waals surface area contributed by atoms with Gasteiger partial charge in [-0.05, 0) is 0 Å². The van der Waals surface area contributed by atoms with Gasteiger partial charge in [-0.15, -0.1) is 0 Å². The van der Waals surface area contributed by atoms with Crippen LogP contribution in [0.2, 0.25) is 0 Å². The van der Waals surface area contributed by atoms with Crippen molar-refractivity contribution in [3.8, 4) is 0 Å². The summed E-state index contributed by atoms with van der Waals surface area (Å²) in [6.07, 6.45) is 0. The summed E-state index contributed by atoms with van der Waals surface area (Å²) in [7, 11) is -6.74. The zero-order chi connectivity index (χ0) is 10.6. The lowest BCUT2D eigenvalue weighted by Gasteiger charge is -2.27. The van der Waals surface area contributed by atoms with Crippen molar-refractivity contribution >= 4 is 15.1 Å². The topological polar surface area (TPSA) is 111 Å². The van der Waals surface area contributed by atoms with Gasteiger partial charge in [0.05, 0.1) is 0 Å². The van der Waals surface area contributed by atoms with Crippen LogP contribution in [0.4, 0.5) is 0 Å². The molecule has 0 aromatic heterocycles. The molecular formula is C4H12BN2O6P. The first-order valence-corrected chi connectivity index (χ1v) is 5.52. The second-order valence-electron chi connectivity index (χ2n) is 2.66. The molecule has 1 atom stereocenters. The van der Waals surface area contributed by atoms with E-state index in [4.69, 9.17) is 14.9 Å². The van der Waals surface area contributed by atoms with E-state index in [2.05, 4.69) is 14.4 Å². The van der Waals surface area contributed by atoms with Gasteiger partial charge in [0.2, 0.25) is 0 Å². The van der Waals surface area contributed by atoms with Crippen LogP contribution in [0.25, 0.3) is 0 Å². The number of hydroxylamine groups is 2. The number of phosphoric acid groups is 1. The zero-order valence-electron chi connectivity index (χ0n) is 7.37. The van der Waals surface area contributed by atoms with Crippen LogP contribution in [0.15, 0.2) is 0 Å². The second-order valence-corrected chi connectivity index (χ2v) is 3.97. The van der Waals surface area contributed by atoms with Gasteiger partial charge in [-0.25, -0.2) is 4.57 Å². The smallest absolute Gasteiger partial charge is 0.401 e. The molecule has 0 saturated carbocycles. The van der Waals surface area contributed by atoms with E-state index in [0.29, 0.717) is 26.2 Å². The van der Waals surface area contributed by atoms with Crippen LogP contribution < -0.4 is 5.32 Å². The molecule has 1 aliphatic rings. The molecule has 1 unspecified atom stereocenters. The Morgan fingerprint density at radius 3 is 2.43 bits per heavy atom. The Bertz CT molecular complexity index is 222. The van der Waals surface area contributed by atoms with E-state index in [1.165, 1.54) is 5.06 Å². The first-order valence-electron chi connectivity index (χ1n) is 4.02. The summed E-state index contributed by atoms with van der Waals surface area (Å²) in [6.45, 7) is 2.11. The molecule has 1 saturated heterocycles. The van der Waals surface area contributed by atoms with Crippen LogP contribution in [-0.4, -0.2) is 53.5 Å². The van der Waals surface area contributed by atoms with Crippen LogP contribution in [0.1, 0.15) is 0 Å². The predicted molar refractivity (Wildman–Crippen MR) is 46.6 cm³/mol. The highest BCUT2D eigenvalue weighted by atomic mass is 31.2. The molecule has 1 heterocycles. The van der Waals surface area contributed by atoms with Gasteiger partial charge in [0, 0.05) is 26.2 Å². The van der Waals surface area contributed by atoms with Gasteiger partial charge in [0.15, 0.2) is 0 Å². The molecule has 14 heavy (non-hydrogen) atoms. The minimum atomic E-state index is -4.42. The quantitative estimate of drug-likeness (QED) is 0.319. The maximum Gasteiger partial charge on any atom is 0.642 e. The molecule has 8 nitrogen and oxygen atoms in total. The summed E-state index contributed by atoms with van der Waals surface area (Å²) in [4.78, 5) is 8.97. The lowest BCUT2D eigenvalue weighted by Crippen LogP contribution is -2.43. The minimum Gasteiger partial charge on any atom is -0.401 e. The van der Waals surface area contributed by atoms with Crippen LogP contribution in [0.3, 0.4) is 0 Å². The molecule has 1 fully saturated rings. The van der Waals surface area contributed by atoms with Gasteiger partial charge >= 0.3 is 15.1 Å². The van der Waals surface area contributed by atoms with Gasteiger partial charge in [-0.2, -0.15) is 9.69 Å². The van der Waals surface area contributed by atoms with E-state index in [9.17, 15) is 4.57 Å². The predicted octanol–water partition coefficient (Wildman–Crippen LogP) is -2.09. The van der Waals surface area contributed by atoms with Gasteiger partial charge in [-0.3, -0.25) is 4.44 Å². The Hall–Kier alpha value is 0.0149. The summed E-state index contributed by atoms with van der Waals surface area (Å²) in [5.74, 6) is 0. The van der Waals surface area contributed by atoms with Gasteiger partial charge in [0.25, 0.3) is 0 Å². The van der Waals surface area contributed by atoms with Gasteiger partial charge < -0.3 is 20.3 Å². The average molecular weight is 226 g/mol. The maximum absolute atomic E-state index is 11.0. The highest BCUT2D eigenvalue weighted by Gasteiger charge is 2.31. The minimum absolute atomic E-state index is 0.426. The maximum atomic E-state index is 11.0. The van der Waals surface area contributed by atoms with Crippen molar-refractivity contribution < 1.29 is 28.6 Å². The molecule has 0 bridgehead atoms. The number of hydrogen-bond acceptors (Lipinski definition) is 7. The molecule has 82 valence electrons. The standard InChI is InChI=1S/C4H12BN2O6P/c8-5(9)12-14(10,11)13-7-3-1-6-2-4-7/h6,8-9H,1-4H2,(H,10,11). The van der Waals surface area contributed by atoms with E-state index in [-0.39, 0.29) is 0 Å². The van der Waals surface area contributed by atoms with E-state index >= 15 is 0 Å². The third-order valence-electron chi connectivity index (χ3n) is 1.52. The molecule has 0 amide bonds. The zero-order valence-corrected chi connectivity index (χ0v) is 8.26. The summed E-state index contributed by atoms with van der Waals surface area (Å²) in [5.41, 5.74) is 0. The largest absolute Gasteiger partial charge is 0.642 e. The monoisotopic (exact) mass is 226 g/mol. The summed E-state index contributed by atoms with van der Waals surface area (Å²) in [6, 6.07) is 0. The Morgan fingerprint density at radius 1 is 1.36 bits per heavy atom. The van der Waals surface area contributed by atoms with Crippen molar-refractivity contribution in [3.05, 3.63) is 0 Å².